The third kappa shape index (κ3) is 3.53. The average molecular weight is 330 g/mol. The zero-order valence-electron chi connectivity index (χ0n) is 12.7. The van der Waals surface area contributed by atoms with Crippen molar-refractivity contribution in [2.75, 3.05) is 13.2 Å². The van der Waals surface area contributed by atoms with E-state index in [9.17, 15) is 14.0 Å². The van der Waals surface area contributed by atoms with Gasteiger partial charge in [0.2, 0.25) is 6.10 Å². The summed E-state index contributed by atoms with van der Waals surface area (Å²) in [6.45, 7) is -0.0627. The summed E-state index contributed by atoms with van der Waals surface area (Å²) in [7, 11) is 0. The topological polar surface area (TPSA) is 61.8 Å². The lowest BCUT2D eigenvalue weighted by Gasteiger charge is -2.23. The fourth-order valence-corrected chi connectivity index (χ4v) is 2.41. The van der Waals surface area contributed by atoms with Gasteiger partial charge in [-0.2, -0.15) is 0 Å². The first-order valence-electron chi connectivity index (χ1n) is 7.48. The zero-order chi connectivity index (χ0) is 16.9. The van der Waals surface area contributed by atoms with E-state index in [1.165, 1.54) is 12.1 Å². The molecule has 1 aliphatic heterocycles. The molecule has 0 saturated heterocycles. The third-order valence-electron chi connectivity index (χ3n) is 3.58. The SMILES string of the molecule is O=C1OC(C(=O)OCCOc2ccccc2F)Cc2ccccc21. The van der Waals surface area contributed by atoms with Crippen molar-refractivity contribution in [3.63, 3.8) is 0 Å². The van der Waals surface area contributed by atoms with Gasteiger partial charge in [-0.3, -0.25) is 0 Å². The summed E-state index contributed by atoms with van der Waals surface area (Å²) < 4.78 is 28.7. The molecule has 6 heteroatoms. The van der Waals surface area contributed by atoms with Crippen molar-refractivity contribution in [1.29, 1.82) is 0 Å². The summed E-state index contributed by atoms with van der Waals surface area (Å²) in [5.74, 6) is -1.58. The number of carbonyl (C=O) groups excluding carboxylic acids is 2. The van der Waals surface area contributed by atoms with Crippen molar-refractivity contribution in [3.8, 4) is 5.75 Å². The van der Waals surface area contributed by atoms with Crippen LogP contribution in [0.1, 0.15) is 15.9 Å². The van der Waals surface area contributed by atoms with Crippen molar-refractivity contribution < 1.29 is 28.2 Å². The Hall–Kier alpha value is -2.89. The Bertz CT molecular complexity index is 759. The van der Waals surface area contributed by atoms with Crippen LogP contribution in [0.4, 0.5) is 4.39 Å². The lowest BCUT2D eigenvalue weighted by molar-refractivity contribution is -0.155. The number of cyclic esters (lactones) is 1. The maximum atomic E-state index is 13.4. The number of benzene rings is 2. The number of para-hydroxylation sites is 1. The summed E-state index contributed by atoms with van der Waals surface area (Å²) in [6.07, 6.45) is -0.699. The maximum Gasteiger partial charge on any atom is 0.347 e. The summed E-state index contributed by atoms with van der Waals surface area (Å²) in [6, 6.07) is 12.9. The molecule has 0 amide bonds. The Morgan fingerprint density at radius 1 is 1.12 bits per heavy atom. The van der Waals surface area contributed by atoms with Gasteiger partial charge in [0.15, 0.2) is 11.6 Å². The molecular weight excluding hydrogens is 315 g/mol. The summed E-state index contributed by atoms with van der Waals surface area (Å²) in [5.41, 5.74) is 1.21. The van der Waals surface area contributed by atoms with E-state index in [1.54, 1.807) is 36.4 Å². The van der Waals surface area contributed by atoms with Crippen LogP contribution in [0.3, 0.4) is 0 Å². The number of rotatable bonds is 5. The fraction of sp³-hybridized carbons (Fsp3) is 0.222. The minimum Gasteiger partial charge on any atom is -0.487 e. The molecule has 0 aliphatic carbocycles. The molecule has 1 heterocycles. The molecule has 5 nitrogen and oxygen atoms in total. The van der Waals surface area contributed by atoms with Crippen molar-refractivity contribution in [2.24, 2.45) is 0 Å². The minimum atomic E-state index is -0.971. The molecule has 0 aromatic heterocycles. The zero-order valence-corrected chi connectivity index (χ0v) is 12.7. The van der Waals surface area contributed by atoms with Crippen LogP contribution in [-0.4, -0.2) is 31.3 Å². The molecule has 2 aromatic carbocycles. The fourth-order valence-electron chi connectivity index (χ4n) is 2.41. The third-order valence-corrected chi connectivity index (χ3v) is 3.58. The van der Waals surface area contributed by atoms with Crippen LogP contribution in [0.5, 0.6) is 5.75 Å². The van der Waals surface area contributed by atoms with Crippen LogP contribution < -0.4 is 4.74 Å². The molecule has 124 valence electrons. The van der Waals surface area contributed by atoms with E-state index < -0.39 is 23.9 Å². The average Bonchev–Trinajstić information content (AvgIpc) is 2.60. The second kappa shape index (κ2) is 7.12. The van der Waals surface area contributed by atoms with Gasteiger partial charge in [-0.05, 0) is 23.8 Å². The van der Waals surface area contributed by atoms with Crippen LogP contribution in [0, 0.1) is 5.82 Å². The van der Waals surface area contributed by atoms with Crippen molar-refractivity contribution in [3.05, 3.63) is 65.5 Å². The lowest BCUT2D eigenvalue weighted by Crippen LogP contribution is -2.36. The van der Waals surface area contributed by atoms with E-state index in [0.29, 0.717) is 5.56 Å². The van der Waals surface area contributed by atoms with E-state index in [2.05, 4.69) is 0 Å². The van der Waals surface area contributed by atoms with Crippen molar-refractivity contribution >= 4 is 11.9 Å². The van der Waals surface area contributed by atoms with Gasteiger partial charge in [0.25, 0.3) is 0 Å². The van der Waals surface area contributed by atoms with Crippen LogP contribution in [0.2, 0.25) is 0 Å². The van der Waals surface area contributed by atoms with Gasteiger partial charge < -0.3 is 14.2 Å². The second-order valence-electron chi connectivity index (χ2n) is 5.20. The number of hydrogen-bond acceptors (Lipinski definition) is 5. The Kier molecular flexibility index (Phi) is 4.74. The molecule has 2 aromatic rings. The number of esters is 2. The number of hydrogen-bond donors (Lipinski definition) is 0. The first-order chi connectivity index (χ1) is 11.6. The summed E-state index contributed by atoms with van der Waals surface area (Å²) in [5, 5.41) is 0. The number of fused-ring (bicyclic) bond motifs is 1. The van der Waals surface area contributed by atoms with Gasteiger partial charge in [0.1, 0.15) is 13.2 Å². The highest BCUT2D eigenvalue weighted by molar-refractivity contribution is 5.94. The Morgan fingerprint density at radius 3 is 2.71 bits per heavy atom. The van der Waals surface area contributed by atoms with Gasteiger partial charge in [-0.1, -0.05) is 30.3 Å². The lowest BCUT2D eigenvalue weighted by atomic mass is 9.99. The molecule has 0 bridgehead atoms. The first-order valence-corrected chi connectivity index (χ1v) is 7.48. The predicted octanol–water partition coefficient (Wildman–Crippen LogP) is 2.53. The monoisotopic (exact) mass is 330 g/mol. The Balaban J connectivity index is 1.50. The van der Waals surface area contributed by atoms with Crippen LogP contribution in [-0.2, 0) is 20.7 Å². The minimum absolute atomic E-state index is 0.00390. The molecule has 1 aliphatic rings. The van der Waals surface area contributed by atoms with Crippen molar-refractivity contribution in [2.45, 2.75) is 12.5 Å². The second-order valence-corrected chi connectivity index (χ2v) is 5.20. The predicted molar refractivity (Wildman–Crippen MR) is 82.2 cm³/mol. The van der Waals surface area contributed by atoms with E-state index in [4.69, 9.17) is 14.2 Å². The Labute approximate surface area is 138 Å². The molecule has 0 fully saturated rings. The highest BCUT2D eigenvalue weighted by Gasteiger charge is 2.32. The van der Waals surface area contributed by atoms with Gasteiger partial charge in [-0.15, -0.1) is 0 Å². The van der Waals surface area contributed by atoms with Crippen LogP contribution >= 0.6 is 0 Å². The first kappa shape index (κ1) is 16.0. The van der Waals surface area contributed by atoms with E-state index in [-0.39, 0.29) is 25.4 Å². The van der Waals surface area contributed by atoms with E-state index in [0.717, 1.165) is 5.56 Å². The molecular formula is C18H15FO5. The molecule has 24 heavy (non-hydrogen) atoms. The van der Waals surface area contributed by atoms with Gasteiger partial charge in [-0.25, -0.2) is 14.0 Å². The normalized spacial score (nSPS) is 16.0. The van der Waals surface area contributed by atoms with Crippen LogP contribution in [0.25, 0.3) is 0 Å². The van der Waals surface area contributed by atoms with Gasteiger partial charge in [0.05, 0.1) is 5.56 Å². The van der Waals surface area contributed by atoms with E-state index in [1.807, 2.05) is 0 Å². The van der Waals surface area contributed by atoms with Gasteiger partial charge >= 0.3 is 11.9 Å². The highest BCUT2D eigenvalue weighted by Crippen LogP contribution is 2.21. The van der Waals surface area contributed by atoms with Crippen LogP contribution in [0.15, 0.2) is 48.5 Å². The largest absolute Gasteiger partial charge is 0.487 e. The molecule has 3 rings (SSSR count). The van der Waals surface area contributed by atoms with E-state index >= 15 is 0 Å². The molecule has 0 N–H and O–H groups in total. The molecule has 0 saturated carbocycles. The molecule has 0 radical (unpaired) electrons. The number of carbonyl (C=O) groups is 2. The molecule has 0 spiro atoms. The molecule has 1 atom stereocenters. The molecule has 1 unspecified atom stereocenters. The van der Waals surface area contributed by atoms with Crippen molar-refractivity contribution in [1.82, 2.24) is 0 Å². The number of halogens is 1. The summed E-state index contributed by atoms with van der Waals surface area (Å²) >= 11 is 0. The maximum absolute atomic E-state index is 13.4. The van der Waals surface area contributed by atoms with Gasteiger partial charge in [0, 0.05) is 6.42 Å². The Morgan fingerprint density at radius 2 is 1.88 bits per heavy atom. The quantitative estimate of drug-likeness (QED) is 0.623. The standard InChI is InChI=1S/C18H15FO5/c19-14-7-3-4-8-15(14)22-9-10-23-18(21)16-11-12-5-1-2-6-13(12)17(20)24-16/h1-8,16H,9-11H2. The summed E-state index contributed by atoms with van der Waals surface area (Å²) in [4.78, 5) is 23.9. The smallest absolute Gasteiger partial charge is 0.347 e. The number of ether oxygens (including phenoxy) is 3. The highest BCUT2D eigenvalue weighted by atomic mass is 19.1.